The first kappa shape index (κ1) is 15.3. The molecule has 5 heteroatoms. The number of nitriles is 1. The Labute approximate surface area is 135 Å². The van der Waals surface area contributed by atoms with Crippen molar-refractivity contribution in [2.45, 2.75) is 32.4 Å². The van der Waals surface area contributed by atoms with Gasteiger partial charge in [-0.2, -0.15) is 5.26 Å². The number of nitrogens with one attached hydrogen (secondary N) is 1. The van der Waals surface area contributed by atoms with Gasteiger partial charge >= 0.3 is 0 Å². The first-order chi connectivity index (χ1) is 10.9. The maximum Gasteiger partial charge on any atom is 0.169 e. The van der Waals surface area contributed by atoms with Gasteiger partial charge in [-0.05, 0) is 47.2 Å². The van der Waals surface area contributed by atoms with Gasteiger partial charge < -0.3 is 15.5 Å². The summed E-state index contributed by atoms with van der Waals surface area (Å²) in [5.41, 5.74) is 2.18. The van der Waals surface area contributed by atoms with E-state index < -0.39 is 12.1 Å². The van der Waals surface area contributed by atoms with Crippen LogP contribution in [-0.2, 0) is 6.42 Å². The number of hydrogen-bond donors (Lipinski definition) is 3. The molecule has 1 aromatic heterocycles. The molecule has 1 aliphatic rings. The van der Waals surface area contributed by atoms with Crippen molar-refractivity contribution in [3.05, 3.63) is 53.2 Å². The standard InChI is InChI=1S/C18H19N3O2/c1-18(2)9-12-6-5-11(10-19)8-13(12)15(16(18)23)21-17-14(22)4-3-7-20-17/h3-8,15-16,22-23H,9H2,1-2H3,(H,20,21). The SMILES string of the molecule is CC1(C)Cc2ccc(C#N)cc2C(Nc2ncccc2O)C1O. The highest BCUT2D eigenvalue weighted by molar-refractivity contribution is 5.53. The molecule has 0 amide bonds. The maximum absolute atomic E-state index is 10.8. The second-order valence-electron chi connectivity index (χ2n) is 6.63. The van der Waals surface area contributed by atoms with Gasteiger partial charge in [0.1, 0.15) is 0 Å². The largest absolute Gasteiger partial charge is 0.504 e. The van der Waals surface area contributed by atoms with Crippen LogP contribution in [0.25, 0.3) is 0 Å². The number of fused-ring (bicyclic) bond motifs is 1. The number of nitrogens with zero attached hydrogens (tertiary/aromatic N) is 2. The summed E-state index contributed by atoms with van der Waals surface area (Å²) in [4.78, 5) is 4.13. The summed E-state index contributed by atoms with van der Waals surface area (Å²) in [5, 5.41) is 33.0. The third-order valence-electron chi connectivity index (χ3n) is 4.45. The van der Waals surface area contributed by atoms with Crippen LogP contribution in [0.2, 0.25) is 0 Å². The Kier molecular flexibility index (Phi) is 3.70. The average Bonchev–Trinajstić information content (AvgIpc) is 2.53. The van der Waals surface area contributed by atoms with Crippen LogP contribution < -0.4 is 5.32 Å². The van der Waals surface area contributed by atoms with Crippen LogP contribution in [0.3, 0.4) is 0 Å². The molecule has 2 aromatic rings. The Morgan fingerprint density at radius 3 is 2.83 bits per heavy atom. The van der Waals surface area contributed by atoms with Crippen molar-refractivity contribution in [1.29, 1.82) is 5.26 Å². The summed E-state index contributed by atoms with van der Waals surface area (Å²) in [6.07, 6.45) is 1.63. The zero-order chi connectivity index (χ0) is 16.6. The minimum atomic E-state index is -0.676. The van der Waals surface area contributed by atoms with E-state index in [-0.39, 0.29) is 11.2 Å². The number of aromatic hydroxyl groups is 1. The van der Waals surface area contributed by atoms with Gasteiger partial charge in [-0.3, -0.25) is 0 Å². The number of aliphatic hydroxyl groups is 1. The zero-order valence-electron chi connectivity index (χ0n) is 13.1. The lowest BCUT2D eigenvalue weighted by molar-refractivity contribution is 0.0247. The Morgan fingerprint density at radius 2 is 2.13 bits per heavy atom. The highest BCUT2D eigenvalue weighted by atomic mass is 16.3. The van der Waals surface area contributed by atoms with Crippen LogP contribution in [0.5, 0.6) is 5.75 Å². The van der Waals surface area contributed by atoms with E-state index in [0.29, 0.717) is 11.4 Å². The summed E-state index contributed by atoms with van der Waals surface area (Å²) >= 11 is 0. The second kappa shape index (κ2) is 5.56. The van der Waals surface area contributed by atoms with Crippen molar-refractivity contribution in [3.63, 3.8) is 0 Å². The van der Waals surface area contributed by atoms with Gasteiger partial charge in [-0.1, -0.05) is 19.9 Å². The molecule has 2 atom stereocenters. The molecule has 1 heterocycles. The molecule has 5 nitrogen and oxygen atoms in total. The third kappa shape index (κ3) is 2.73. The lowest BCUT2D eigenvalue weighted by Gasteiger charge is -2.42. The van der Waals surface area contributed by atoms with E-state index in [9.17, 15) is 10.2 Å². The molecule has 0 saturated heterocycles. The second-order valence-corrected chi connectivity index (χ2v) is 6.63. The van der Waals surface area contributed by atoms with Gasteiger partial charge in [-0.15, -0.1) is 0 Å². The van der Waals surface area contributed by atoms with Crippen molar-refractivity contribution in [2.75, 3.05) is 5.32 Å². The summed E-state index contributed by atoms with van der Waals surface area (Å²) in [6, 6.07) is 10.4. The highest BCUT2D eigenvalue weighted by Crippen LogP contribution is 2.43. The number of benzene rings is 1. The molecule has 0 fully saturated rings. The van der Waals surface area contributed by atoms with E-state index in [1.165, 1.54) is 0 Å². The molecule has 0 saturated carbocycles. The van der Waals surface area contributed by atoms with Crippen LogP contribution in [0.4, 0.5) is 5.82 Å². The highest BCUT2D eigenvalue weighted by Gasteiger charge is 2.41. The predicted octanol–water partition coefficient (Wildman–Crippen LogP) is 2.76. The summed E-state index contributed by atoms with van der Waals surface area (Å²) in [6.45, 7) is 4.01. The summed E-state index contributed by atoms with van der Waals surface area (Å²) < 4.78 is 0. The van der Waals surface area contributed by atoms with E-state index >= 15 is 0 Å². The van der Waals surface area contributed by atoms with Crippen LogP contribution in [-0.4, -0.2) is 21.3 Å². The lowest BCUT2D eigenvalue weighted by Crippen LogP contribution is -2.44. The number of anilines is 1. The van der Waals surface area contributed by atoms with Crippen LogP contribution >= 0.6 is 0 Å². The molecule has 118 valence electrons. The molecular formula is C18H19N3O2. The smallest absolute Gasteiger partial charge is 0.169 e. The topological polar surface area (TPSA) is 89.2 Å². The quantitative estimate of drug-likeness (QED) is 0.793. The van der Waals surface area contributed by atoms with E-state index in [4.69, 9.17) is 5.26 Å². The Morgan fingerprint density at radius 1 is 1.35 bits per heavy atom. The number of pyridine rings is 1. The van der Waals surface area contributed by atoms with Gasteiger partial charge in [-0.25, -0.2) is 4.98 Å². The molecule has 0 bridgehead atoms. The van der Waals surface area contributed by atoms with Crippen LogP contribution in [0.1, 0.15) is 36.6 Å². The van der Waals surface area contributed by atoms with Crippen molar-refractivity contribution in [2.24, 2.45) is 5.41 Å². The predicted molar refractivity (Wildman–Crippen MR) is 86.9 cm³/mol. The first-order valence-electron chi connectivity index (χ1n) is 7.54. The molecule has 1 aromatic carbocycles. The van der Waals surface area contributed by atoms with Crippen LogP contribution in [0.15, 0.2) is 36.5 Å². The normalized spacial score (nSPS) is 22.0. The summed E-state index contributed by atoms with van der Waals surface area (Å²) in [7, 11) is 0. The molecule has 0 aliphatic heterocycles. The van der Waals surface area contributed by atoms with Gasteiger partial charge in [0.05, 0.1) is 23.8 Å². The van der Waals surface area contributed by atoms with Crippen molar-refractivity contribution in [1.82, 2.24) is 4.98 Å². The van der Waals surface area contributed by atoms with Gasteiger partial charge in [0, 0.05) is 6.20 Å². The van der Waals surface area contributed by atoms with E-state index in [2.05, 4.69) is 16.4 Å². The Balaban J connectivity index is 2.07. The number of rotatable bonds is 2. The molecule has 1 aliphatic carbocycles. The fraction of sp³-hybridized carbons (Fsp3) is 0.333. The molecule has 3 N–H and O–H groups in total. The summed E-state index contributed by atoms with van der Waals surface area (Å²) in [5.74, 6) is 0.351. The van der Waals surface area contributed by atoms with E-state index in [0.717, 1.165) is 17.5 Å². The minimum absolute atomic E-state index is 0.0288. The Hall–Kier alpha value is -2.58. The fourth-order valence-corrected chi connectivity index (χ4v) is 3.14. The Bertz CT molecular complexity index is 780. The van der Waals surface area contributed by atoms with Crippen LogP contribution in [0, 0.1) is 16.7 Å². The number of aliphatic hydroxyl groups excluding tert-OH is 1. The van der Waals surface area contributed by atoms with Crippen molar-refractivity contribution >= 4 is 5.82 Å². The zero-order valence-corrected chi connectivity index (χ0v) is 13.1. The first-order valence-corrected chi connectivity index (χ1v) is 7.54. The van der Waals surface area contributed by atoms with E-state index in [1.54, 1.807) is 30.5 Å². The molecule has 3 rings (SSSR count). The molecule has 23 heavy (non-hydrogen) atoms. The molecule has 0 spiro atoms. The number of hydrogen-bond acceptors (Lipinski definition) is 5. The van der Waals surface area contributed by atoms with Gasteiger partial charge in [0.2, 0.25) is 0 Å². The average molecular weight is 309 g/mol. The third-order valence-corrected chi connectivity index (χ3v) is 4.45. The van der Waals surface area contributed by atoms with Crippen molar-refractivity contribution in [3.8, 4) is 11.8 Å². The minimum Gasteiger partial charge on any atom is -0.504 e. The molecular weight excluding hydrogens is 290 g/mol. The maximum atomic E-state index is 10.8. The molecule has 2 unspecified atom stereocenters. The fourth-order valence-electron chi connectivity index (χ4n) is 3.14. The lowest BCUT2D eigenvalue weighted by atomic mass is 9.69. The number of aromatic nitrogens is 1. The molecule has 0 radical (unpaired) electrons. The van der Waals surface area contributed by atoms with Crippen molar-refractivity contribution < 1.29 is 10.2 Å². The van der Waals surface area contributed by atoms with E-state index in [1.807, 2.05) is 19.9 Å². The van der Waals surface area contributed by atoms with Gasteiger partial charge in [0.25, 0.3) is 0 Å². The van der Waals surface area contributed by atoms with Gasteiger partial charge in [0.15, 0.2) is 11.6 Å². The monoisotopic (exact) mass is 309 g/mol.